The highest BCUT2D eigenvalue weighted by atomic mass is 19.1. The molecule has 0 bridgehead atoms. The third-order valence-electron chi connectivity index (χ3n) is 5.46. The maximum absolute atomic E-state index is 13.8. The van der Waals surface area contributed by atoms with Crippen molar-refractivity contribution in [3.05, 3.63) is 90.0 Å². The van der Waals surface area contributed by atoms with Gasteiger partial charge in [-0.1, -0.05) is 35.5 Å². The van der Waals surface area contributed by atoms with Crippen LogP contribution in [0.25, 0.3) is 28.2 Å². The number of aryl methyl sites for hydroxylation is 2. The number of pyridine rings is 1. The van der Waals surface area contributed by atoms with Crippen LogP contribution in [-0.4, -0.2) is 30.6 Å². The van der Waals surface area contributed by atoms with Gasteiger partial charge in [-0.15, -0.1) is 0 Å². The van der Waals surface area contributed by atoms with Gasteiger partial charge < -0.3 is 9.84 Å². The summed E-state index contributed by atoms with van der Waals surface area (Å²) in [7, 11) is 0. The number of aromatic nitrogens is 5. The van der Waals surface area contributed by atoms with Gasteiger partial charge in [-0.3, -0.25) is 9.36 Å². The Morgan fingerprint density at radius 2 is 2.00 bits per heavy atom. The molecule has 9 heteroatoms. The fourth-order valence-corrected chi connectivity index (χ4v) is 3.52. The number of rotatable bonds is 7. The molecule has 0 spiro atoms. The largest absolute Gasteiger partial charge is 0.352 e. The summed E-state index contributed by atoms with van der Waals surface area (Å²) in [6.07, 6.45) is 3.95. The number of nitrogens with zero attached hydrogens (tertiary/aromatic N) is 5. The molecule has 5 rings (SSSR count). The Bertz CT molecular complexity index is 1460. The third-order valence-corrected chi connectivity index (χ3v) is 5.46. The molecule has 0 unspecified atom stereocenters. The summed E-state index contributed by atoms with van der Waals surface area (Å²) in [4.78, 5) is 25.4. The Morgan fingerprint density at radius 1 is 1.12 bits per heavy atom. The van der Waals surface area contributed by atoms with Gasteiger partial charge in [0.05, 0.1) is 11.0 Å². The monoisotopic (exact) mass is 456 g/mol. The molecule has 8 nitrogen and oxygen atoms in total. The summed E-state index contributed by atoms with van der Waals surface area (Å²) in [5.41, 5.74) is 3.84. The Kier molecular flexibility index (Phi) is 5.82. The number of hydrogen-bond acceptors (Lipinski definition) is 6. The van der Waals surface area contributed by atoms with E-state index in [1.165, 1.54) is 6.07 Å². The molecule has 0 atom stereocenters. The fraction of sp³-hybridized carbons (Fsp3) is 0.160. The van der Waals surface area contributed by atoms with Gasteiger partial charge in [0.1, 0.15) is 18.0 Å². The fourth-order valence-electron chi connectivity index (χ4n) is 3.52. The van der Waals surface area contributed by atoms with E-state index in [1.54, 1.807) is 31.6 Å². The number of hydrogen-bond donors (Lipinski definition) is 1. The first-order valence-electron chi connectivity index (χ1n) is 10.8. The van der Waals surface area contributed by atoms with Gasteiger partial charge in [-0.25, -0.2) is 14.4 Å². The molecule has 1 N–H and O–H groups in total. The first kappa shape index (κ1) is 21.4. The lowest BCUT2D eigenvalue weighted by molar-refractivity contribution is -0.121. The minimum Gasteiger partial charge on any atom is -0.352 e. The van der Waals surface area contributed by atoms with E-state index in [-0.39, 0.29) is 24.6 Å². The molecular weight excluding hydrogens is 435 g/mol. The molecule has 0 saturated heterocycles. The molecule has 1 amide bonds. The minimum atomic E-state index is -0.330. The number of nitrogens with one attached hydrogen (secondary N) is 1. The summed E-state index contributed by atoms with van der Waals surface area (Å²) in [5, 5.41) is 6.75. The molecule has 34 heavy (non-hydrogen) atoms. The summed E-state index contributed by atoms with van der Waals surface area (Å²) < 4.78 is 20.9. The van der Waals surface area contributed by atoms with Crippen LogP contribution in [-0.2, 0) is 17.8 Å². The quantitative estimate of drug-likeness (QED) is 0.395. The second-order valence-electron chi connectivity index (χ2n) is 7.88. The van der Waals surface area contributed by atoms with Crippen LogP contribution >= 0.6 is 0 Å². The van der Waals surface area contributed by atoms with E-state index in [0.717, 1.165) is 22.4 Å². The third kappa shape index (κ3) is 4.54. The Labute approximate surface area is 194 Å². The lowest BCUT2D eigenvalue weighted by Crippen LogP contribution is -2.23. The first-order chi connectivity index (χ1) is 16.6. The average molecular weight is 456 g/mol. The van der Waals surface area contributed by atoms with E-state index in [4.69, 9.17) is 4.52 Å². The predicted octanol–water partition coefficient (Wildman–Crippen LogP) is 4.17. The second-order valence-corrected chi connectivity index (χ2v) is 7.88. The second kappa shape index (κ2) is 9.22. The zero-order valence-corrected chi connectivity index (χ0v) is 18.4. The summed E-state index contributed by atoms with van der Waals surface area (Å²) >= 11 is 0. The molecular formula is C25H21FN6O2. The number of imidazole rings is 1. The van der Waals surface area contributed by atoms with Crippen LogP contribution in [0.2, 0.25) is 0 Å². The van der Waals surface area contributed by atoms with Crippen LogP contribution in [0.15, 0.2) is 71.6 Å². The van der Waals surface area contributed by atoms with Crippen molar-refractivity contribution in [3.8, 4) is 17.2 Å². The van der Waals surface area contributed by atoms with Gasteiger partial charge in [-0.2, -0.15) is 4.98 Å². The lowest BCUT2D eigenvalue weighted by atomic mass is 10.1. The van der Waals surface area contributed by atoms with E-state index < -0.39 is 0 Å². The van der Waals surface area contributed by atoms with Crippen molar-refractivity contribution in [2.75, 3.05) is 0 Å². The normalized spacial score (nSPS) is 11.1. The van der Waals surface area contributed by atoms with Crippen LogP contribution in [0.1, 0.15) is 23.4 Å². The van der Waals surface area contributed by atoms with Gasteiger partial charge >= 0.3 is 0 Å². The Morgan fingerprint density at radius 3 is 2.82 bits per heavy atom. The van der Waals surface area contributed by atoms with Crippen LogP contribution in [0, 0.1) is 12.7 Å². The molecule has 3 aromatic heterocycles. The number of benzene rings is 2. The van der Waals surface area contributed by atoms with Crippen molar-refractivity contribution in [2.45, 2.75) is 26.3 Å². The van der Waals surface area contributed by atoms with Crippen molar-refractivity contribution >= 4 is 16.9 Å². The maximum atomic E-state index is 13.8. The first-order valence-corrected chi connectivity index (χ1v) is 10.8. The Balaban J connectivity index is 1.14. The highest BCUT2D eigenvalue weighted by molar-refractivity contribution is 5.77. The summed E-state index contributed by atoms with van der Waals surface area (Å²) in [6, 6.07) is 16.4. The molecule has 0 aliphatic rings. The number of halogens is 1. The zero-order valence-electron chi connectivity index (χ0n) is 18.4. The van der Waals surface area contributed by atoms with Crippen molar-refractivity contribution in [3.63, 3.8) is 0 Å². The van der Waals surface area contributed by atoms with E-state index in [0.29, 0.717) is 29.4 Å². The lowest BCUT2D eigenvalue weighted by Gasteiger charge is -2.07. The van der Waals surface area contributed by atoms with Gasteiger partial charge in [0.25, 0.3) is 0 Å². The van der Waals surface area contributed by atoms with E-state index >= 15 is 0 Å². The van der Waals surface area contributed by atoms with E-state index in [1.807, 2.05) is 41.0 Å². The maximum Gasteiger partial charge on any atom is 0.227 e. The van der Waals surface area contributed by atoms with E-state index in [2.05, 4.69) is 25.4 Å². The van der Waals surface area contributed by atoms with Crippen molar-refractivity contribution in [2.24, 2.45) is 0 Å². The topological polar surface area (TPSA) is 98.7 Å². The van der Waals surface area contributed by atoms with Crippen LogP contribution in [0.3, 0.4) is 0 Å². The number of carbonyl (C=O) groups excluding carboxylic acids is 1. The van der Waals surface area contributed by atoms with Crippen LogP contribution < -0.4 is 5.32 Å². The van der Waals surface area contributed by atoms with Crippen molar-refractivity contribution in [1.29, 1.82) is 0 Å². The highest BCUT2D eigenvalue weighted by Crippen LogP contribution is 2.19. The molecule has 0 aliphatic heterocycles. The van der Waals surface area contributed by atoms with E-state index in [9.17, 15) is 9.18 Å². The Hall–Kier alpha value is -4.40. The van der Waals surface area contributed by atoms with Gasteiger partial charge in [0, 0.05) is 31.1 Å². The van der Waals surface area contributed by atoms with Crippen LogP contribution in [0.4, 0.5) is 4.39 Å². The van der Waals surface area contributed by atoms with Gasteiger partial charge in [0.2, 0.25) is 17.6 Å². The smallest absolute Gasteiger partial charge is 0.227 e. The SMILES string of the molecule is Cc1ccc(-c2noc(CCC(=O)NCc3ccc(-n4cnc5ccccc54)nc3)n2)cc1F. The number of para-hydroxylation sites is 2. The minimum absolute atomic E-state index is 0.147. The predicted molar refractivity (Wildman–Crippen MR) is 123 cm³/mol. The number of amides is 1. The molecule has 0 radical (unpaired) electrons. The highest BCUT2D eigenvalue weighted by Gasteiger charge is 2.12. The molecule has 0 aliphatic carbocycles. The van der Waals surface area contributed by atoms with Gasteiger partial charge in [0.15, 0.2) is 0 Å². The number of fused-ring (bicyclic) bond motifs is 1. The van der Waals surface area contributed by atoms with Crippen molar-refractivity contribution < 1.29 is 13.7 Å². The summed E-state index contributed by atoms with van der Waals surface area (Å²) in [6.45, 7) is 2.04. The van der Waals surface area contributed by atoms with Crippen molar-refractivity contribution in [1.82, 2.24) is 30.0 Å². The standard InChI is InChI=1S/C25H21FN6O2/c1-16-6-8-18(12-19(16)26)25-30-24(34-31-25)11-10-23(33)28-14-17-7-9-22(27-13-17)32-15-29-20-4-2-3-5-21(20)32/h2-9,12-13,15H,10-11,14H2,1H3,(H,28,33). The molecule has 2 aromatic carbocycles. The number of carbonyl (C=O) groups is 1. The zero-order chi connectivity index (χ0) is 23.5. The molecule has 3 heterocycles. The van der Waals surface area contributed by atoms with Gasteiger partial charge in [-0.05, 0) is 42.3 Å². The average Bonchev–Trinajstić information content (AvgIpc) is 3.51. The molecule has 5 aromatic rings. The molecule has 170 valence electrons. The summed E-state index contributed by atoms with van der Waals surface area (Å²) in [5.74, 6) is 0.898. The molecule has 0 saturated carbocycles. The molecule has 0 fully saturated rings. The van der Waals surface area contributed by atoms with Crippen LogP contribution in [0.5, 0.6) is 0 Å².